The number of benzene rings is 1. The number of pyridine rings is 1. The van der Waals surface area contributed by atoms with E-state index in [0.717, 1.165) is 49.7 Å². The van der Waals surface area contributed by atoms with Crippen LogP contribution in [-0.2, 0) is 11.0 Å². The van der Waals surface area contributed by atoms with E-state index in [4.69, 9.17) is 0 Å². The molecule has 2 aromatic rings. The Morgan fingerprint density at radius 3 is 2.56 bits per heavy atom. The second-order valence-electron chi connectivity index (χ2n) is 9.23. The summed E-state index contributed by atoms with van der Waals surface area (Å²) < 4.78 is 39.7. The van der Waals surface area contributed by atoms with Gasteiger partial charge in [-0.25, -0.2) is 4.98 Å². The van der Waals surface area contributed by atoms with Crippen LogP contribution in [0.25, 0.3) is 0 Å². The number of amides is 1. The number of aromatic nitrogens is 1. The van der Waals surface area contributed by atoms with Crippen molar-refractivity contribution < 1.29 is 22.9 Å². The highest BCUT2D eigenvalue weighted by atomic mass is 19.4. The minimum Gasteiger partial charge on any atom is -0.380 e. The van der Waals surface area contributed by atoms with Crippen LogP contribution in [0.3, 0.4) is 0 Å². The van der Waals surface area contributed by atoms with Crippen molar-refractivity contribution in [2.75, 3.05) is 56.0 Å². The van der Waals surface area contributed by atoms with Crippen molar-refractivity contribution >= 4 is 23.1 Å². The zero-order chi connectivity index (χ0) is 25.9. The van der Waals surface area contributed by atoms with Gasteiger partial charge in [-0.1, -0.05) is 6.07 Å². The molecule has 2 aliphatic heterocycles. The van der Waals surface area contributed by atoms with Crippen molar-refractivity contribution in [2.24, 2.45) is 0 Å². The van der Waals surface area contributed by atoms with Gasteiger partial charge in [0.1, 0.15) is 11.4 Å². The molecule has 2 saturated heterocycles. The van der Waals surface area contributed by atoms with E-state index in [2.05, 4.69) is 20.1 Å². The topological polar surface area (TPSA) is 94.8 Å². The van der Waals surface area contributed by atoms with Gasteiger partial charge in [-0.2, -0.15) is 13.2 Å². The van der Waals surface area contributed by atoms with E-state index in [1.54, 1.807) is 4.90 Å². The summed E-state index contributed by atoms with van der Waals surface area (Å²) in [5.41, 5.74) is -1.00. The number of nitrogens with one attached hydrogen (secondary N) is 1. The number of anilines is 2. The SMILES string of the molecule is Cc1ccc(N2CCN(CCC(=O)N3CC[C@H](Nc4ccc([N+](=O)[O-])c(C(F)(F)F)c4)C3)CC2)nc1. The third-order valence-corrected chi connectivity index (χ3v) is 6.64. The highest BCUT2D eigenvalue weighted by Crippen LogP contribution is 2.37. The molecule has 0 radical (unpaired) electrons. The molecular weight excluding hydrogens is 477 g/mol. The summed E-state index contributed by atoms with van der Waals surface area (Å²) >= 11 is 0. The zero-order valence-electron chi connectivity index (χ0n) is 20.0. The van der Waals surface area contributed by atoms with Crippen molar-refractivity contribution in [3.63, 3.8) is 0 Å². The fourth-order valence-corrected chi connectivity index (χ4v) is 4.61. The Morgan fingerprint density at radius 1 is 1.17 bits per heavy atom. The monoisotopic (exact) mass is 506 g/mol. The maximum Gasteiger partial charge on any atom is 0.423 e. The molecule has 0 unspecified atom stereocenters. The lowest BCUT2D eigenvalue weighted by Gasteiger charge is -2.35. The molecule has 12 heteroatoms. The van der Waals surface area contributed by atoms with Gasteiger partial charge in [0, 0.05) is 76.2 Å². The molecule has 1 atom stereocenters. The molecule has 1 aromatic heterocycles. The van der Waals surface area contributed by atoms with Crippen molar-refractivity contribution in [2.45, 2.75) is 32.0 Å². The minimum atomic E-state index is -4.83. The fourth-order valence-electron chi connectivity index (χ4n) is 4.61. The van der Waals surface area contributed by atoms with Crippen LogP contribution in [0.15, 0.2) is 36.5 Å². The molecule has 0 bridgehead atoms. The lowest BCUT2D eigenvalue weighted by Crippen LogP contribution is -2.47. The van der Waals surface area contributed by atoms with Crippen LogP contribution in [0.2, 0.25) is 0 Å². The number of nitro benzene ring substituents is 1. The van der Waals surface area contributed by atoms with Crippen LogP contribution < -0.4 is 10.2 Å². The van der Waals surface area contributed by atoms with E-state index in [9.17, 15) is 28.1 Å². The van der Waals surface area contributed by atoms with E-state index >= 15 is 0 Å². The van der Waals surface area contributed by atoms with E-state index in [1.807, 2.05) is 25.3 Å². The molecule has 1 N–H and O–H groups in total. The van der Waals surface area contributed by atoms with E-state index in [0.29, 0.717) is 32.5 Å². The highest BCUT2D eigenvalue weighted by molar-refractivity contribution is 5.77. The van der Waals surface area contributed by atoms with Crippen molar-refractivity contribution in [1.82, 2.24) is 14.8 Å². The fraction of sp³-hybridized carbons (Fsp3) is 0.500. The summed E-state index contributed by atoms with van der Waals surface area (Å²) in [6.45, 7) is 6.92. The van der Waals surface area contributed by atoms with Gasteiger partial charge in [0.2, 0.25) is 5.91 Å². The number of halogens is 3. The molecule has 3 heterocycles. The molecule has 194 valence electrons. The number of hydrogen-bond donors (Lipinski definition) is 1. The molecule has 4 rings (SSSR count). The standard InChI is InChI=1S/C24H29F3N6O3/c1-17-2-5-22(28-15-17)31-12-10-30(11-13-31)8-7-23(34)32-9-6-19(16-32)29-18-3-4-21(33(35)36)20(14-18)24(25,26)27/h2-5,14-15,19,29H,6-13,16H2,1H3/t19-/m0/s1. The lowest BCUT2D eigenvalue weighted by molar-refractivity contribution is -0.388. The number of likely N-dealkylation sites (tertiary alicyclic amines) is 1. The van der Waals surface area contributed by atoms with Crippen molar-refractivity contribution in [3.8, 4) is 0 Å². The van der Waals surface area contributed by atoms with Gasteiger partial charge >= 0.3 is 6.18 Å². The first-order valence-electron chi connectivity index (χ1n) is 11.9. The number of alkyl halides is 3. The number of hydrogen-bond acceptors (Lipinski definition) is 7. The predicted octanol–water partition coefficient (Wildman–Crippen LogP) is 3.54. The lowest BCUT2D eigenvalue weighted by atomic mass is 10.1. The largest absolute Gasteiger partial charge is 0.423 e. The molecule has 0 saturated carbocycles. The van der Waals surface area contributed by atoms with Gasteiger partial charge in [-0.3, -0.25) is 19.8 Å². The normalized spacial score (nSPS) is 18.9. The maximum atomic E-state index is 13.2. The minimum absolute atomic E-state index is 0.0154. The Bertz CT molecular complexity index is 1090. The summed E-state index contributed by atoms with van der Waals surface area (Å²) in [4.78, 5) is 33.3. The Morgan fingerprint density at radius 2 is 1.92 bits per heavy atom. The van der Waals surface area contributed by atoms with Gasteiger partial charge < -0.3 is 15.1 Å². The molecule has 1 amide bonds. The number of nitro groups is 1. The summed E-state index contributed by atoms with van der Waals surface area (Å²) in [5.74, 6) is 0.976. The number of carbonyl (C=O) groups excluding carboxylic acids is 1. The van der Waals surface area contributed by atoms with Crippen LogP contribution >= 0.6 is 0 Å². The second-order valence-corrected chi connectivity index (χ2v) is 9.23. The predicted molar refractivity (Wildman–Crippen MR) is 129 cm³/mol. The molecule has 1 aromatic carbocycles. The van der Waals surface area contributed by atoms with Crippen LogP contribution in [0.5, 0.6) is 0 Å². The first-order valence-corrected chi connectivity index (χ1v) is 11.9. The van der Waals surface area contributed by atoms with Gasteiger partial charge in [-0.05, 0) is 37.1 Å². The molecule has 2 fully saturated rings. The van der Waals surface area contributed by atoms with Crippen molar-refractivity contribution in [1.29, 1.82) is 0 Å². The van der Waals surface area contributed by atoms with Crippen LogP contribution in [0.4, 0.5) is 30.4 Å². The van der Waals surface area contributed by atoms with Crippen molar-refractivity contribution in [3.05, 3.63) is 57.8 Å². The number of rotatable bonds is 7. The first-order chi connectivity index (χ1) is 17.1. The number of carbonyl (C=O) groups is 1. The first kappa shape index (κ1) is 25.7. The Kier molecular flexibility index (Phi) is 7.62. The summed E-state index contributed by atoms with van der Waals surface area (Å²) in [5, 5.41) is 13.9. The number of aryl methyl sites for hydroxylation is 1. The quantitative estimate of drug-likeness (QED) is 0.453. The molecule has 0 spiro atoms. The van der Waals surface area contributed by atoms with Crippen LogP contribution in [0.1, 0.15) is 24.0 Å². The van der Waals surface area contributed by atoms with Crippen LogP contribution in [-0.4, -0.2) is 77.5 Å². The van der Waals surface area contributed by atoms with Crippen LogP contribution in [0, 0.1) is 17.0 Å². The van der Waals surface area contributed by atoms with E-state index in [-0.39, 0.29) is 17.6 Å². The smallest absolute Gasteiger partial charge is 0.380 e. The highest BCUT2D eigenvalue weighted by Gasteiger charge is 2.38. The Balaban J connectivity index is 1.23. The maximum absolute atomic E-state index is 13.2. The Hall–Kier alpha value is -3.41. The van der Waals surface area contributed by atoms with Gasteiger partial charge in [-0.15, -0.1) is 0 Å². The Labute approximate surface area is 207 Å². The summed E-state index contributed by atoms with van der Waals surface area (Å²) in [6, 6.07) is 6.73. The van der Waals surface area contributed by atoms with Gasteiger partial charge in [0.05, 0.1) is 4.92 Å². The number of nitrogens with zero attached hydrogens (tertiary/aromatic N) is 5. The molecule has 9 nitrogen and oxygen atoms in total. The zero-order valence-corrected chi connectivity index (χ0v) is 20.0. The van der Waals surface area contributed by atoms with E-state index in [1.165, 1.54) is 6.07 Å². The average molecular weight is 507 g/mol. The third kappa shape index (κ3) is 6.23. The molecular formula is C24H29F3N6O3. The molecule has 2 aliphatic rings. The average Bonchev–Trinajstić information content (AvgIpc) is 3.31. The number of piperazine rings is 1. The van der Waals surface area contributed by atoms with E-state index < -0.39 is 22.4 Å². The molecule has 36 heavy (non-hydrogen) atoms. The summed E-state index contributed by atoms with van der Waals surface area (Å²) in [6.07, 6.45) is -2.01. The van der Waals surface area contributed by atoms with Gasteiger partial charge in [0.15, 0.2) is 0 Å². The van der Waals surface area contributed by atoms with Gasteiger partial charge in [0.25, 0.3) is 5.69 Å². The summed E-state index contributed by atoms with van der Waals surface area (Å²) in [7, 11) is 0. The second kappa shape index (κ2) is 10.7. The molecule has 0 aliphatic carbocycles. The third-order valence-electron chi connectivity index (χ3n) is 6.64.